The van der Waals surface area contributed by atoms with E-state index >= 15 is 0 Å². The maximum absolute atomic E-state index is 11.5. The van der Waals surface area contributed by atoms with E-state index in [4.69, 9.17) is 15.7 Å². The molecule has 0 atom stereocenters. The molecule has 1 saturated carbocycles. The number of amides is 1. The number of carbonyl (C=O) groups is 1. The molecule has 0 spiro atoms. The van der Waals surface area contributed by atoms with Crippen LogP contribution < -0.4 is 11.1 Å². The minimum absolute atomic E-state index is 0.180. The van der Waals surface area contributed by atoms with Crippen molar-refractivity contribution in [2.24, 2.45) is 16.3 Å². The maximum atomic E-state index is 11.5. The Morgan fingerprint density at radius 2 is 2.12 bits per heavy atom. The molecule has 0 aliphatic heterocycles. The van der Waals surface area contributed by atoms with Gasteiger partial charge >= 0.3 is 6.09 Å². The van der Waals surface area contributed by atoms with Gasteiger partial charge < -0.3 is 21.0 Å². The lowest BCUT2D eigenvalue weighted by Crippen LogP contribution is -2.51. The second-order valence-electron chi connectivity index (χ2n) is 5.47. The highest BCUT2D eigenvalue weighted by Gasteiger charge is 2.41. The third-order valence-corrected chi connectivity index (χ3v) is 2.93. The van der Waals surface area contributed by atoms with Crippen LogP contribution in [-0.4, -0.2) is 29.3 Å². The van der Waals surface area contributed by atoms with Gasteiger partial charge in [0.2, 0.25) is 0 Å². The van der Waals surface area contributed by atoms with Gasteiger partial charge in [0.25, 0.3) is 0 Å². The Morgan fingerprint density at radius 3 is 2.47 bits per heavy atom. The number of nitrogens with zero attached hydrogens (tertiary/aromatic N) is 1. The molecular formula is C11H21N3O3. The zero-order valence-corrected chi connectivity index (χ0v) is 10.6. The Hall–Kier alpha value is -1.46. The third-order valence-electron chi connectivity index (χ3n) is 2.93. The molecule has 0 aromatic rings. The van der Waals surface area contributed by atoms with Crippen LogP contribution in [0, 0.1) is 5.41 Å². The Morgan fingerprint density at radius 1 is 1.53 bits per heavy atom. The minimum Gasteiger partial charge on any atom is -0.444 e. The summed E-state index contributed by atoms with van der Waals surface area (Å²) < 4.78 is 5.12. The number of carbonyl (C=O) groups excluding carboxylic acids is 1. The Bertz CT molecular complexity index is 316. The lowest BCUT2D eigenvalue weighted by atomic mass is 9.68. The molecule has 17 heavy (non-hydrogen) atoms. The van der Waals surface area contributed by atoms with E-state index in [1.807, 2.05) is 0 Å². The number of hydrogen-bond acceptors (Lipinski definition) is 4. The van der Waals surface area contributed by atoms with E-state index in [1.165, 1.54) is 0 Å². The highest BCUT2D eigenvalue weighted by molar-refractivity contribution is 5.87. The van der Waals surface area contributed by atoms with Crippen LogP contribution in [0.2, 0.25) is 0 Å². The van der Waals surface area contributed by atoms with Crippen LogP contribution in [0.1, 0.15) is 40.0 Å². The number of nitrogens with one attached hydrogen (secondary N) is 1. The lowest BCUT2D eigenvalue weighted by Gasteiger charge is -2.40. The molecule has 6 nitrogen and oxygen atoms in total. The summed E-state index contributed by atoms with van der Waals surface area (Å²) in [4.78, 5) is 11.5. The molecule has 0 radical (unpaired) electrons. The third kappa shape index (κ3) is 3.51. The van der Waals surface area contributed by atoms with E-state index in [0.717, 1.165) is 19.3 Å². The molecule has 6 heteroatoms. The van der Waals surface area contributed by atoms with Crippen molar-refractivity contribution in [2.75, 3.05) is 6.54 Å². The number of oxime groups is 1. The van der Waals surface area contributed by atoms with Crippen molar-refractivity contribution in [3.63, 3.8) is 0 Å². The van der Waals surface area contributed by atoms with Gasteiger partial charge in [0, 0.05) is 12.0 Å². The van der Waals surface area contributed by atoms with Gasteiger partial charge in [0.05, 0.1) is 0 Å². The first-order valence-corrected chi connectivity index (χ1v) is 5.74. The van der Waals surface area contributed by atoms with Crippen LogP contribution in [0.5, 0.6) is 0 Å². The van der Waals surface area contributed by atoms with Crippen LogP contribution in [0.15, 0.2) is 5.16 Å². The molecule has 1 fully saturated rings. The molecule has 1 amide bonds. The zero-order chi connectivity index (χ0) is 13.1. The summed E-state index contributed by atoms with van der Waals surface area (Å²) in [7, 11) is 0. The lowest BCUT2D eigenvalue weighted by molar-refractivity contribution is 0.0493. The molecule has 0 aromatic heterocycles. The SMILES string of the molecule is CC(C)(C)OC(=O)NCC1(C(N)=NO)CCC1. The zero-order valence-electron chi connectivity index (χ0n) is 10.6. The predicted molar refractivity (Wildman–Crippen MR) is 63.9 cm³/mol. The Balaban J connectivity index is 2.47. The fraction of sp³-hybridized carbons (Fsp3) is 0.818. The van der Waals surface area contributed by atoms with Gasteiger partial charge in [0.1, 0.15) is 11.4 Å². The van der Waals surface area contributed by atoms with Crippen molar-refractivity contribution >= 4 is 11.9 Å². The topological polar surface area (TPSA) is 96.9 Å². The summed E-state index contributed by atoms with van der Waals surface area (Å²) in [5.74, 6) is 0.180. The second-order valence-corrected chi connectivity index (χ2v) is 5.47. The molecule has 1 aliphatic rings. The van der Waals surface area contributed by atoms with Gasteiger partial charge in [-0.05, 0) is 33.6 Å². The van der Waals surface area contributed by atoms with Crippen molar-refractivity contribution in [3.05, 3.63) is 0 Å². The standard InChI is InChI=1S/C11H21N3O3/c1-10(2,3)17-9(15)13-7-11(5-4-6-11)8(12)14-16/h16H,4-7H2,1-3H3,(H2,12,14)(H,13,15). The first-order valence-electron chi connectivity index (χ1n) is 5.74. The molecular weight excluding hydrogens is 222 g/mol. The average Bonchev–Trinajstić information content (AvgIpc) is 2.12. The molecule has 0 bridgehead atoms. The Labute approximate surface area is 101 Å². The highest BCUT2D eigenvalue weighted by Crippen LogP contribution is 2.40. The summed E-state index contributed by atoms with van der Waals surface area (Å²) in [5.41, 5.74) is 4.72. The molecule has 1 aliphatic carbocycles. The molecule has 0 heterocycles. The molecule has 98 valence electrons. The van der Waals surface area contributed by atoms with E-state index in [9.17, 15) is 4.79 Å². The van der Waals surface area contributed by atoms with E-state index in [0.29, 0.717) is 6.54 Å². The number of nitrogens with two attached hydrogens (primary N) is 1. The van der Waals surface area contributed by atoms with Crippen LogP contribution in [0.3, 0.4) is 0 Å². The fourth-order valence-corrected chi connectivity index (χ4v) is 1.79. The van der Waals surface area contributed by atoms with Crippen LogP contribution in [0.25, 0.3) is 0 Å². The summed E-state index contributed by atoms with van der Waals surface area (Å²) in [6, 6.07) is 0. The molecule has 0 saturated heterocycles. The number of amidine groups is 1. The smallest absolute Gasteiger partial charge is 0.407 e. The largest absolute Gasteiger partial charge is 0.444 e. The van der Waals surface area contributed by atoms with Gasteiger partial charge in [0.15, 0.2) is 0 Å². The van der Waals surface area contributed by atoms with Crippen LogP contribution >= 0.6 is 0 Å². The molecule has 0 aromatic carbocycles. The van der Waals surface area contributed by atoms with Crippen molar-refractivity contribution in [1.29, 1.82) is 0 Å². The first-order chi connectivity index (χ1) is 7.79. The predicted octanol–water partition coefficient (Wildman–Crippen LogP) is 1.43. The van der Waals surface area contributed by atoms with Crippen molar-refractivity contribution in [1.82, 2.24) is 5.32 Å². The van der Waals surface area contributed by atoms with Crippen LogP contribution in [-0.2, 0) is 4.74 Å². The minimum atomic E-state index is -0.520. The highest BCUT2D eigenvalue weighted by atomic mass is 16.6. The summed E-state index contributed by atoms with van der Waals surface area (Å²) in [6.45, 7) is 5.75. The van der Waals surface area contributed by atoms with Crippen molar-refractivity contribution < 1.29 is 14.7 Å². The first kappa shape index (κ1) is 13.6. The Kier molecular flexibility index (Phi) is 3.85. The van der Waals surface area contributed by atoms with Gasteiger partial charge in [-0.25, -0.2) is 4.79 Å². The summed E-state index contributed by atoms with van der Waals surface area (Å²) in [6.07, 6.45) is 2.18. The van der Waals surface area contributed by atoms with E-state index in [-0.39, 0.29) is 5.84 Å². The van der Waals surface area contributed by atoms with Gasteiger partial charge in [-0.15, -0.1) is 0 Å². The quantitative estimate of drug-likeness (QED) is 0.302. The van der Waals surface area contributed by atoms with Gasteiger partial charge in [-0.2, -0.15) is 0 Å². The van der Waals surface area contributed by atoms with Crippen molar-refractivity contribution in [2.45, 2.75) is 45.6 Å². The number of rotatable bonds is 3. The molecule has 1 rings (SSSR count). The monoisotopic (exact) mass is 243 g/mol. The average molecular weight is 243 g/mol. The molecule has 4 N–H and O–H groups in total. The second kappa shape index (κ2) is 4.81. The van der Waals surface area contributed by atoms with Crippen molar-refractivity contribution in [3.8, 4) is 0 Å². The van der Waals surface area contributed by atoms with Crippen LogP contribution in [0.4, 0.5) is 4.79 Å². The fourth-order valence-electron chi connectivity index (χ4n) is 1.79. The number of ether oxygens (including phenoxy) is 1. The van der Waals surface area contributed by atoms with E-state index in [2.05, 4.69) is 10.5 Å². The molecule has 0 unspecified atom stereocenters. The summed E-state index contributed by atoms with van der Waals surface area (Å²) in [5, 5.41) is 14.4. The maximum Gasteiger partial charge on any atom is 0.407 e. The number of hydrogen-bond donors (Lipinski definition) is 3. The van der Waals surface area contributed by atoms with Gasteiger partial charge in [-0.1, -0.05) is 11.6 Å². The number of alkyl carbamates (subject to hydrolysis) is 1. The van der Waals surface area contributed by atoms with Gasteiger partial charge in [-0.3, -0.25) is 0 Å². The normalized spacial score (nSPS) is 19.4. The van der Waals surface area contributed by atoms with E-state index in [1.54, 1.807) is 20.8 Å². The van der Waals surface area contributed by atoms with E-state index < -0.39 is 17.1 Å². The summed E-state index contributed by atoms with van der Waals surface area (Å²) >= 11 is 0.